The Morgan fingerprint density at radius 3 is 2.22 bits per heavy atom. The minimum Gasteiger partial charge on any atom is -0.346 e. The zero-order valence-corrected chi connectivity index (χ0v) is 13.2. The van der Waals surface area contributed by atoms with Gasteiger partial charge in [-0.05, 0) is 30.4 Å². The average molecular weight is 338 g/mol. The number of hydrogen-bond acceptors (Lipinski definition) is 6. The number of para-hydroxylation sites is 1. The van der Waals surface area contributed by atoms with Gasteiger partial charge in [0.1, 0.15) is 0 Å². The lowest BCUT2D eigenvalue weighted by Gasteiger charge is -2.25. The van der Waals surface area contributed by atoms with Crippen molar-refractivity contribution >= 4 is 21.4 Å². The second-order valence-corrected chi connectivity index (χ2v) is 6.08. The summed E-state index contributed by atoms with van der Waals surface area (Å²) in [7, 11) is -1.35. The first-order valence-corrected chi connectivity index (χ1v) is 7.85. The van der Waals surface area contributed by atoms with Gasteiger partial charge in [-0.15, -0.1) is 0 Å². The largest absolute Gasteiger partial charge is 0.346 e. The second-order valence-electron chi connectivity index (χ2n) is 4.51. The van der Waals surface area contributed by atoms with Crippen LogP contribution in [-0.4, -0.2) is 39.1 Å². The maximum atomic E-state index is 12.3. The summed E-state index contributed by atoms with van der Waals surface area (Å²) in [5.41, 5.74) is -0.420. The summed E-state index contributed by atoms with van der Waals surface area (Å²) in [5.74, 6) is -1.08. The van der Waals surface area contributed by atoms with Crippen molar-refractivity contribution in [2.45, 2.75) is 10.7 Å². The van der Waals surface area contributed by atoms with Crippen molar-refractivity contribution < 1.29 is 22.8 Å². The topological polar surface area (TPSA) is 108 Å². The molecule has 0 fully saturated rings. The van der Waals surface area contributed by atoms with Crippen LogP contribution in [0.1, 0.15) is 0 Å². The molecule has 0 amide bonds. The molecule has 122 valence electrons. The highest BCUT2D eigenvalue weighted by Gasteiger charge is 2.27. The number of benzene rings is 1. The first-order valence-electron chi connectivity index (χ1n) is 6.41. The first kappa shape index (κ1) is 17.0. The lowest BCUT2D eigenvalue weighted by atomic mass is 10.1. The Morgan fingerprint density at radius 1 is 1.13 bits per heavy atom. The molecular formula is C14H14N2O6S. The van der Waals surface area contributed by atoms with Crippen molar-refractivity contribution in [3.05, 3.63) is 58.7 Å². The summed E-state index contributed by atoms with van der Waals surface area (Å²) in [5, 5.41) is 11.0. The molecular weight excluding hydrogens is 324 g/mol. The summed E-state index contributed by atoms with van der Waals surface area (Å²) in [4.78, 5) is 9.73. The number of ether oxygens (including phenoxy) is 2. The molecule has 0 spiro atoms. The van der Waals surface area contributed by atoms with Crippen LogP contribution < -0.4 is 0 Å². The van der Waals surface area contributed by atoms with E-state index in [1.165, 1.54) is 50.7 Å². The van der Waals surface area contributed by atoms with Crippen molar-refractivity contribution in [3.63, 3.8) is 0 Å². The molecule has 1 aromatic rings. The molecule has 0 atom stereocenters. The van der Waals surface area contributed by atoms with Crippen LogP contribution in [-0.2, 0) is 19.5 Å². The molecule has 0 saturated heterocycles. The van der Waals surface area contributed by atoms with Crippen LogP contribution >= 0.6 is 0 Å². The number of nitro groups is 1. The highest BCUT2D eigenvalue weighted by atomic mass is 32.2. The van der Waals surface area contributed by atoms with E-state index in [1.807, 2.05) is 0 Å². The summed E-state index contributed by atoms with van der Waals surface area (Å²) in [6, 6.07) is 5.03. The van der Waals surface area contributed by atoms with Crippen LogP contribution in [0.2, 0.25) is 0 Å². The zero-order valence-electron chi connectivity index (χ0n) is 12.4. The van der Waals surface area contributed by atoms with Gasteiger partial charge in [-0.25, -0.2) is 0 Å². The van der Waals surface area contributed by atoms with Crippen molar-refractivity contribution in [1.29, 1.82) is 0 Å². The van der Waals surface area contributed by atoms with Crippen LogP contribution in [0.15, 0.2) is 57.9 Å². The summed E-state index contributed by atoms with van der Waals surface area (Å²) >= 11 is 0. The van der Waals surface area contributed by atoms with E-state index in [0.29, 0.717) is 0 Å². The van der Waals surface area contributed by atoms with E-state index in [0.717, 1.165) is 12.1 Å². The van der Waals surface area contributed by atoms with E-state index in [9.17, 15) is 18.5 Å². The fourth-order valence-electron chi connectivity index (χ4n) is 1.94. The monoisotopic (exact) mass is 338 g/mol. The summed E-state index contributed by atoms with van der Waals surface area (Å²) < 4.78 is 38.5. The van der Waals surface area contributed by atoms with Gasteiger partial charge in [0, 0.05) is 20.3 Å². The van der Waals surface area contributed by atoms with E-state index >= 15 is 0 Å². The van der Waals surface area contributed by atoms with Gasteiger partial charge < -0.3 is 9.47 Å². The van der Waals surface area contributed by atoms with E-state index in [1.54, 1.807) is 0 Å². The molecule has 0 aromatic heterocycles. The molecule has 0 radical (unpaired) electrons. The Bertz CT molecular complexity index is 788. The van der Waals surface area contributed by atoms with Crippen LogP contribution in [0.3, 0.4) is 0 Å². The molecule has 0 N–H and O–H groups in total. The smallest absolute Gasteiger partial charge is 0.289 e. The fourth-order valence-corrected chi connectivity index (χ4v) is 3.10. The summed E-state index contributed by atoms with van der Waals surface area (Å²) in [6.45, 7) is 0. The SMILES string of the molecule is COC1(OC)C=CC(=NS(=O)(=O)c2ccccc2[N+](=O)[O-])C=C1. The molecule has 2 rings (SSSR count). The van der Waals surface area contributed by atoms with Crippen molar-refractivity contribution in [3.8, 4) is 0 Å². The molecule has 9 heteroatoms. The minimum absolute atomic E-state index is 0.105. The number of hydrogen-bond donors (Lipinski definition) is 0. The number of rotatable bonds is 5. The highest BCUT2D eigenvalue weighted by Crippen LogP contribution is 2.26. The molecule has 8 nitrogen and oxygen atoms in total. The lowest BCUT2D eigenvalue weighted by molar-refractivity contribution is -0.387. The molecule has 1 aliphatic carbocycles. The van der Waals surface area contributed by atoms with E-state index < -0.39 is 31.3 Å². The predicted octanol–water partition coefficient (Wildman–Crippen LogP) is 1.84. The minimum atomic E-state index is -4.22. The van der Waals surface area contributed by atoms with Gasteiger partial charge in [-0.2, -0.15) is 12.8 Å². The zero-order chi connectivity index (χ0) is 17.1. The van der Waals surface area contributed by atoms with E-state index in [-0.39, 0.29) is 5.71 Å². The Kier molecular flexibility index (Phi) is 4.73. The van der Waals surface area contributed by atoms with Gasteiger partial charge in [-0.3, -0.25) is 10.1 Å². The fraction of sp³-hybridized carbons (Fsp3) is 0.214. The molecule has 0 heterocycles. The quantitative estimate of drug-likeness (QED) is 0.460. The van der Waals surface area contributed by atoms with E-state index in [2.05, 4.69) is 4.40 Å². The Morgan fingerprint density at radius 2 is 1.70 bits per heavy atom. The number of methoxy groups -OCH3 is 2. The molecule has 1 aromatic carbocycles. The number of nitrogens with zero attached hydrogens (tertiary/aromatic N) is 2. The Labute approximate surface area is 133 Å². The maximum Gasteiger partial charge on any atom is 0.289 e. The maximum absolute atomic E-state index is 12.3. The second kappa shape index (κ2) is 6.41. The third kappa shape index (κ3) is 3.52. The predicted molar refractivity (Wildman–Crippen MR) is 82.7 cm³/mol. The normalized spacial score (nSPS) is 16.3. The molecule has 0 saturated carbocycles. The lowest BCUT2D eigenvalue weighted by Crippen LogP contribution is -2.30. The Balaban J connectivity index is 2.41. The molecule has 0 aliphatic heterocycles. The first-order chi connectivity index (χ1) is 10.8. The van der Waals surface area contributed by atoms with Crippen LogP contribution in [0.4, 0.5) is 5.69 Å². The number of sulfonamides is 1. The van der Waals surface area contributed by atoms with E-state index in [4.69, 9.17) is 9.47 Å². The molecule has 23 heavy (non-hydrogen) atoms. The standard InChI is InChI=1S/C14H14N2O6S/c1-21-14(22-2)9-7-11(8-10-14)15-23(19,20)13-6-4-3-5-12(13)16(17)18/h3-10H,1-2H3. The Hall–Kier alpha value is -2.36. The van der Waals surface area contributed by atoms with Crippen molar-refractivity contribution in [1.82, 2.24) is 0 Å². The average Bonchev–Trinajstić information content (AvgIpc) is 2.55. The van der Waals surface area contributed by atoms with Crippen LogP contribution in [0.25, 0.3) is 0 Å². The van der Waals surface area contributed by atoms with Crippen molar-refractivity contribution in [2.75, 3.05) is 14.2 Å². The van der Waals surface area contributed by atoms with Gasteiger partial charge in [0.15, 0.2) is 4.90 Å². The molecule has 0 bridgehead atoms. The third-order valence-electron chi connectivity index (χ3n) is 3.18. The van der Waals surface area contributed by atoms with Crippen LogP contribution in [0, 0.1) is 10.1 Å². The van der Waals surface area contributed by atoms with Gasteiger partial charge in [0.25, 0.3) is 15.7 Å². The highest BCUT2D eigenvalue weighted by molar-refractivity contribution is 7.90. The number of allylic oxidation sites excluding steroid dienone is 2. The van der Waals surface area contributed by atoms with Gasteiger partial charge in [0.2, 0.25) is 5.79 Å². The molecule has 1 aliphatic rings. The van der Waals surface area contributed by atoms with Gasteiger partial charge in [-0.1, -0.05) is 12.1 Å². The summed E-state index contributed by atoms with van der Waals surface area (Å²) in [6.07, 6.45) is 5.78. The molecule has 0 unspecified atom stereocenters. The van der Waals surface area contributed by atoms with Gasteiger partial charge >= 0.3 is 0 Å². The van der Waals surface area contributed by atoms with Crippen LogP contribution in [0.5, 0.6) is 0 Å². The van der Waals surface area contributed by atoms with Crippen molar-refractivity contribution in [2.24, 2.45) is 4.40 Å². The number of nitro benzene ring substituents is 1. The third-order valence-corrected chi connectivity index (χ3v) is 4.53. The van der Waals surface area contributed by atoms with Gasteiger partial charge in [0.05, 0.1) is 10.6 Å².